The van der Waals surface area contributed by atoms with Gasteiger partial charge in [-0.1, -0.05) is 25.7 Å². The Labute approximate surface area is 86.2 Å². The van der Waals surface area contributed by atoms with Crippen molar-refractivity contribution in [2.45, 2.75) is 45.1 Å². The first-order valence-electron chi connectivity index (χ1n) is 5.61. The van der Waals surface area contributed by atoms with E-state index < -0.39 is 0 Å². The molecule has 0 aromatic heterocycles. The van der Waals surface area contributed by atoms with Crippen LogP contribution in [0.2, 0.25) is 0 Å². The van der Waals surface area contributed by atoms with Crippen molar-refractivity contribution in [3.8, 4) is 0 Å². The van der Waals surface area contributed by atoms with Crippen LogP contribution in [-0.2, 0) is 9.53 Å². The zero-order valence-corrected chi connectivity index (χ0v) is 9.21. The lowest BCUT2D eigenvalue weighted by Gasteiger charge is -2.18. The van der Waals surface area contributed by atoms with Crippen LogP contribution in [0.15, 0.2) is 0 Å². The fourth-order valence-corrected chi connectivity index (χ4v) is 2.16. The molecular formula is C11H21NO2. The minimum atomic E-state index is -0.229. The van der Waals surface area contributed by atoms with Crippen LogP contribution < -0.4 is 5.32 Å². The summed E-state index contributed by atoms with van der Waals surface area (Å²) in [4.78, 5) is 11.5. The van der Waals surface area contributed by atoms with Gasteiger partial charge in [0.05, 0.1) is 0 Å². The van der Waals surface area contributed by atoms with Gasteiger partial charge in [-0.3, -0.25) is 4.79 Å². The van der Waals surface area contributed by atoms with E-state index in [0.717, 1.165) is 6.42 Å². The number of hydrogen-bond acceptors (Lipinski definition) is 2. The average Bonchev–Trinajstić information content (AvgIpc) is 2.68. The molecule has 0 aromatic rings. The smallest absolute Gasteiger partial charge is 0.248 e. The van der Waals surface area contributed by atoms with E-state index >= 15 is 0 Å². The van der Waals surface area contributed by atoms with Crippen molar-refractivity contribution >= 4 is 5.91 Å². The van der Waals surface area contributed by atoms with Crippen LogP contribution in [0.25, 0.3) is 0 Å². The molecule has 0 aliphatic heterocycles. The minimum Gasteiger partial charge on any atom is -0.369 e. The molecule has 1 rings (SSSR count). The zero-order valence-electron chi connectivity index (χ0n) is 9.21. The molecule has 3 nitrogen and oxygen atoms in total. The SMILES string of the molecule is CCOC(CC1CCCC1)C(=O)NC. The van der Waals surface area contributed by atoms with E-state index in [1.165, 1.54) is 25.7 Å². The summed E-state index contributed by atoms with van der Waals surface area (Å²) in [6.45, 7) is 2.55. The topological polar surface area (TPSA) is 38.3 Å². The molecule has 0 saturated heterocycles. The van der Waals surface area contributed by atoms with Crippen molar-refractivity contribution in [1.29, 1.82) is 0 Å². The van der Waals surface area contributed by atoms with Crippen molar-refractivity contribution in [3.63, 3.8) is 0 Å². The molecule has 0 radical (unpaired) electrons. The lowest BCUT2D eigenvalue weighted by molar-refractivity contribution is -0.133. The van der Waals surface area contributed by atoms with Gasteiger partial charge in [0.25, 0.3) is 0 Å². The molecule has 0 spiro atoms. The number of nitrogens with one attached hydrogen (secondary N) is 1. The molecule has 1 aliphatic rings. The maximum absolute atomic E-state index is 11.5. The summed E-state index contributed by atoms with van der Waals surface area (Å²) in [5.74, 6) is 0.725. The second-order valence-electron chi connectivity index (χ2n) is 3.94. The molecule has 14 heavy (non-hydrogen) atoms. The highest BCUT2D eigenvalue weighted by atomic mass is 16.5. The van der Waals surface area contributed by atoms with Crippen molar-refractivity contribution in [3.05, 3.63) is 0 Å². The number of hydrogen-bond donors (Lipinski definition) is 1. The quantitative estimate of drug-likeness (QED) is 0.732. The average molecular weight is 199 g/mol. The molecule has 1 saturated carbocycles. The molecule has 0 aromatic carbocycles. The first kappa shape index (κ1) is 11.5. The minimum absolute atomic E-state index is 0.0266. The summed E-state index contributed by atoms with van der Waals surface area (Å²) in [6, 6.07) is 0. The summed E-state index contributed by atoms with van der Waals surface area (Å²) < 4.78 is 5.44. The van der Waals surface area contributed by atoms with Crippen LogP contribution in [0.3, 0.4) is 0 Å². The highest BCUT2D eigenvalue weighted by molar-refractivity contribution is 5.80. The summed E-state index contributed by atoms with van der Waals surface area (Å²) in [6.07, 6.45) is 5.83. The lowest BCUT2D eigenvalue weighted by atomic mass is 9.99. The van der Waals surface area contributed by atoms with E-state index in [-0.39, 0.29) is 12.0 Å². The van der Waals surface area contributed by atoms with Gasteiger partial charge in [0.1, 0.15) is 6.10 Å². The van der Waals surface area contributed by atoms with E-state index in [1.54, 1.807) is 7.05 Å². The molecule has 1 unspecified atom stereocenters. The van der Waals surface area contributed by atoms with Gasteiger partial charge in [0, 0.05) is 13.7 Å². The molecule has 0 bridgehead atoms. The normalized spacial score (nSPS) is 19.6. The number of carbonyl (C=O) groups is 1. The van der Waals surface area contributed by atoms with Crippen LogP contribution in [0, 0.1) is 5.92 Å². The number of amides is 1. The van der Waals surface area contributed by atoms with Gasteiger partial charge >= 0.3 is 0 Å². The van der Waals surface area contributed by atoms with E-state index in [9.17, 15) is 4.79 Å². The third kappa shape index (κ3) is 3.29. The van der Waals surface area contributed by atoms with Crippen LogP contribution in [0.5, 0.6) is 0 Å². The Kier molecular flexibility index (Phi) is 4.94. The zero-order chi connectivity index (χ0) is 10.4. The highest BCUT2D eigenvalue weighted by Crippen LogP contribution is 2.29. The number of ether oxygens (including phenoxy) is 1. The van der Waals surface area contributed by atoms with E-state index in [1.807, 2.05) is 6.92 Å². The number of rotatable bonds is 5. The van der Waals surface area contributed by atoms with Gasteiger partial charge in [0.15, 0.2) is 0 Å². The van der Waals surface area contributed by atoms with Crippen molar-refractivity contribution in [1.82, 2.24) is 5.32 Å². The molecule has 3 heteroatoms. The predicted octanol–water partition coefficient (Wildman–Crippen LogP) is 1.72. The maximum Gasteiger partial charge on any atom is 0.248 e. The molecule has 1 aliphatic carbocycles. The second-order valence-corrected chi connectivity index (χ2v) is 3.94. The van der Waals surface area contributed by atoms with Crippen LogP contribution in [0.4, 0.5) is 0 Å². The van der Waals surface area contributed by atoms with Gasteiger partial charge in [0.2, 0.25) is 5.91 Å². The Hall–Kier alpha value is -0.570. The Bertz CT molecular complexity index is 176. The largest absolute Gasteiger partial charge is 0.369 e. The first-order valence-corrected chi connectivity index (χ1v) is 5.61. The molecule has 1 N–H and O–H groups in total. The fraction of sp³-hybridized carbons (Fsp3) is 0.909. The fourth-order valence-electron chi connectivity index (χ4n) is 2.16. The molecule has 0 heterocycles. The van der Waals surface area contributed by atoms with E-state index in [2.05, 4.69) is 5.32 Å². The van der Waals surface area contributed by atoms with E-state index in [0.29, 0.717) is 12.5 Å². The summed E-state index contributed by atoms with van der Waals surface area (Å²) in [7, 11) is 1.67. The third-order valence-corrected chi connectivity index (χ3v) is 2.93. The number of likely N-dealkylation sites (N-methyl/N-ethyl adjacent to an activating group) is 1. The van der Waals surface area contributed by atoms with Crippen LogP contribution in [-0.4, -0.2) is 25.7 Å². The summed E-state index contributed by atoms with van der Waals surface area (Å²) >= 11 is 0. The monoisotopic (exact) mass is 199 g/mol. The van der Waals surface area contributed by atoms with Crippen molar-refractivity contribution in [2.75, 3.05) is 13.7 Å². The third-order valence-electron chi connectivity index (χ3n) is 2.93. The molecule has 1 amide bonds. The second kappa shape index (κ2) is 6.02. The lowest BCUT2D eigenvalue weighted by Crippen LogP contribution is -2.35. The standard InChI is InChI=1S/C11H21NO2/c1-3-14-10(11(13)12-2)8-9-6-4-5-7-9/h9-10H,3-8H2,1-2H3,(H,12,13). The molecule has 1 atom stereocenters. The Morgan fingerprint density at radius 3 is 2.64 bits per heavy atom. The molecular weight excluding hydrogens is 178 g/mol. The summed E-state index contributed by atoms with van der Waals surface area (Å²) in [5, 5.41) is 2.66. The highest BCUT2D eigenvalue weighted by Gasteiger charge is 2.24. The van der Waals surface area contributed by atoms with Crippen LogP contribution >= 0.6 is 0 Å². The van der Waals surface area contributed by atoms with Gasteiger partial charge in [-0.2, -0.15) is 0 Å². The molecule has 82 valence electrons. The van der Waals surface area contributed by atoms with E-state index in [4.69, 9.17) is 4.74 Å². The van der Waals surface area contributed by atoms with Gasteiger partial charge in [-0.25, -0.2) is 0 Å². The Balaban J connectivity index is 2.37. The maximum atomic E-state index is 11.5. The molecule has 1 fully saturated rings. The van der Waals surface area contributed by atoms with Crippen molar-refractivity contribution < 1.29 is 9.53 Å². The predicted molar refractivity (Wildman–Crippen MR) is 56.1 cm³/mol. The summed E-state index contributed by atoms with van der Waals surface area (Å²) in [5.41, 5.74) is 0. The Morgan fingerprint density at radius 2 is 2.14 bits per heavy atom. The van der Waals surface area contributed by atoms with Crippen LogP contribution in [0.1, 0.15) is 39.0 Å². The van der Waals surface area contributed by atoms with Crippen molar-refractivity contribution in [2.24, 2.45) is 5.92 Å². The van der Waals surface area contributed by atoms with Gasteiger partial charge in [-0.15, -0.1) is 0 Å². The van der Waals surface area contributed by atoms with Gasteiger partial charge in [-0.05, 0) is 19.3 Å². The first-order chi connectivity index (χ1) is 6.77. The Morgan fingerprint density at radius 1 is 1.50 bits per heavy atom. The number of carbonyl (C=O) groups excluding carboxylic acids is 1. The van der Waals surface area contributed by atoms with Gasteiger partial charge < -0.3 is 10.1 Å².